The number of amides is 1. The highest BCUT2D eigenvalue weighted by atomic mass is 19.2. The van der Waals surface area contributed by atoms with Crippen molar-refractivity contribution in [3.63, 3.8) is 0 Å². The zero-order valence-electron chi connectivity index (χ0n) is 11.5. The molecule has 0 unspecified atom stereocenters. The van der Waals surface area contributed by atoms with E-state index in [1.807, 2.05) is 12.1 Å². The third-order valence-electron chi connectivity index (χ3n) is 3.10. The molecule has 1 amide bonds. The van der Waals surface area contributed by atoms with E-state index in [2.05, 4.69) is 4.98 Å². The second-order valence-electron chi connectivity index (χ2n) is 4.65. The Morgan fingerprint density at radius 3 is 2.67 bits per heavy atom. The highest BCUT2D eigenvalue weighted by molar-refractivity contribution is 5.99. The van der Waals surface area contributed by atoms with Crippen LogP contribution < -0.4 is 5.73 Å². The Morgan fingerprint density at radius 2 is 2.00 bits per heavy atom. The Morgan fingerprint density at radius 1 is 1.29 bits per heavy atom. The van der Waals surface area contributed by atoms with Crippen LogP contribution in [0.15, 0.2) is 36.5 Å². The number of carbonyl (C=O) groups excluding carboxylic acids is 1. The van der Waals surface area contributed by atoms with Gasteiger partial charge in [-0.15, -0.1) is 0 Å². The number of pyridine rings is 1. The van der Waals surface area contributed by atoms with Crippen molar-refractivity contribution in [2.24, 2.45) is 0 Å². The molecule has 110 valence electrons. The Bertz CT molecular complexity index is 647. The summed E-state index contributed by atoms with van der Waals surface area (Å²) in [7, 11) is 1.58. The second kappa shape index (κ2) is 6.30. The molecule has 2 aromatic rings. The lowest BCUT2D eigenvalue weighted by atomic mass is 10.1. The summed E-state index contributed by atoms with van der Waals surface area (Å²) in [6, 6.07) is 7.15. The van der Waals surface area contributed by atoms with E-state index in [4.69, 9.17) is 5.73 Å². The van der Waals surface area contributed by atoms with Gasteiger partial charge >= 0.3 is 0 Å². The molecule has 1 aromatic heterocycles. The summed E-state index contributed by atoms with van der Waals surface area (Å²) in [5, 5.41) is 0. The molecular weight excluding hydrogens is 276 g/mol. The third-order valence-corrected chi connectivity index (χ3v) is 3.10. The van der Waals surface area contributed by atoms with Crippen LogP contribution >= 0.6 is 0 Å². The zero-order chi connectivity index (χ0) is 15.4. The quantitative estimate of drug-likeness (QED) is 0.879. The van der Waals surface area contributed by atoms with Gasteiger partial charge in [0.1, 0.15) is 0 Å². The summed E-state index contributed by atoms with van der Waals surface area (Å²) in [5.74, 6) is -2.62. The van der Waals surface area contributed by atoms with Gasteiger partial charge in [-0.1, -0.05) is 6.07 Å². The van der Waals surface area contributed by atoms with E-state index in [-0.39, 0.29) is 11.3 Å². The first-order valence-electron chi connectivity index (χ1n) is 6.39. The van der Waals surface area contributed by atoms with Crippen LogP contribution in [0.4, 0.5) is 14.5 Å². The highest BCUT2D eigenvalue weighted by Gasteiger charge is 2.17. The van der Waals surface area contributed by atoms with Crippen molar-refractivity contribution in [1.82, 2.24) is 9.88 Å². The summed E-state index contributed by atoms with van der Waals surface area (Å²) in [6.07, 6.45) is 2.23. The average Bonchev–Trinajstić information content (AvgIpc) is 2.49. The number of hydrogen-bond donors (Lipinski definition) is 1. The first kappa shape index (κ1) is 14.9. The van der Waals surface area contributed by atoms with E-state index in [1.54, 1.807) is 19.3 Å². The van der Waals surface area contributed by atoms with Crippen LogP contribution in [0.2, 0.25) is 0 Å². The number of likely N-dealkylation sites (N-methyl/N-ethyl adjacent to an activating group) is 1. The lowest BCUT2D eigenvalue weighted by molar-refractivity contribution is 0.0797. The van der Waals surface area contributed by atoms with Crippen LogP contribution in [0.5, 0.6) is 0 Å². The molecule has 1 aromatic carbocycles. The van der Waals surface area contributed by atoms with Crippen LogP contribution in [-0.4, -0.2) is 29.4 Å². The van der Waals surface area contributed by atoms with E-state index in [9.17, 15) is 13.6 Å². The van der Waals surface area contributed by atoms with Gasteiger partial charge in [0.15, 0.2) is 11.6 Å². The van der Waals surface area contributed by atoms with E-state index in [0.29, 0.717) is 13.0 Å². The normalized spacial score (nSPS) is 10.4. The van der Waals surface area contributed by atoms with Crippen LogP contribution in [0.25, 0.3) is 0 Å². The molecule has 2 rings (SSSR count). The Labute approximate surface area is 121 Å². The first-order chi connectivity index (χ1) is 9.99. The van der Waals surface area contributed by atoms with E-state index in [1.165, 1.54) is 4.90 Å². The number of nitrogens with zero attached hydrogens (tertiary/aromatic N) is 2. The fourth-order valence-corrected chi connectivity index (χ4v) is 1.88. The van der Waals surface area contributed by atoms with Crippen molar-refractivity contribution in [3.8, 4) is 0 Å². The number of nitrogen functional groups attached to an aromatic ring is 1. The monoisotopic (exact) mass is 291 g/mol. The molecule has 0 saturated heterocycles. The lowest BCUT2D eigenvalue weighted by Gasteiger charge is -2.18. The standard InChI is InChI=1S/C15H15F2N3O/c1-20(7-5-10-4-2-3-6-19-10)15(21)11-8-12(16)13(17)9-14(11)18/h2-4,6,8-9H,5,7,18H2,1H3. The lowest BCUT2D eigenvalue weighted by Crippen LogP contribution is -2.29. The van der Waals surface area contributed by atoms with E-state index < -0.39 is 17.5 Å². The number of carbonyl (C=O) groups is 1. The minimum absolute atomic E-state index is 0.0441. The molecule has 1 heterocycles. The van der Waals surface area contributed by atoms with Gasteiger partial charge in [0.25, 0.3) is 5.91 Å². The van der Waals surface area contributed by atoms with Crippen molar-refractivity contribution < 1.29 is 13.6 Å². The Kier molecular flexibility index (Phi) is 4.47. The molecule has 0 aliphatic rings. The molecule has 0 bridgehead atoms. The van der Waals surface area contributed by atoms with Gasteiger partial charge in [0, 0.05) is 43.7 Å². The number of rotatable bonds is 4. The maximum atomic E-state index is 13.2. The molecule has 0 spiro atoms. The van der Waals surface area contributed by atoms with Gasteiger partial charge in [-0.05, 0) is 18.2 Å². The Balaban J connectivity index is 2.07. The minimum Gasteiger partial charge on any atom is -0.398 e. The van der Waals surface area contributed by atoms with Gasteiger partial charge in [-0.25, -0.2) is 8.78 Å². The summed E-state index contributed by atoms with van der Waals surface area (Å²) >= 11 is 0. The third kappa shape index (κ3) is 3.53. The van der Waals surface area contributed by atoms with E-state index in [0.717, 1.165) is 17.8 Å². The van der Waals surface area contributed by atoms with Crippen LogP contribution in [-0.2, 0) is 6.42 Å². The highest BCUT2D eigenvalue weighted by Crippen LogP contribution is 2.18. The van der Waals surface area contributed by atoms with Gasteiger partial charge in [-0.2, -0.15) is 0 Å². The number of hydrogen-bond acceptors (Lipinski definition) is 3. The summed E-state index contributed by atoms with van der Waals surface area (Å²) < 4.78 is 26.2. The average molecular weight is 291 g/mol. The molecule has 0 fully saturated rings. The largest absolute Gasteiger partial charge is 0.398 e. The number of halogens is 2. The maximum absolute atomic E-state index is 13.2. The van der Waals surface area contributed by atoms with Gasteiger partial charge in [0.2, 0.25) is 0 Å². The van der Waals surface area contributed by atoms with Crippen molar-refractivity contribution in [1.29, 1.82) is 0 Å². The Hall–Kier alpha value is -2.50. The van der Waals surface area contributed by atoms with Crippen molar-refractivity contribution >= 4 is 11.6 Å². The van der Waals surface area contributed by atoms with Gasteiger partial charge < -0.3 is 10.6 Å². The molecule has 0 radical (unpaired) electrons. The molecule has 6 heteroatoms. The fraction of sp³-hybridized carbons (Fsp3) is 0.200. The molecule has 2 N–H and O–H groups in total. The molecule has 0 aliphatic heterocycles. The fourth-order valence-electron chi connectivity index (χ4n) is 1.88. The van der Waals surface area contributed by atoms with E-state index >= 15 is 0 Å². The van der Waals surface area contributed by atoms with Gasteiger partial charge in [-0.3, -0.25) is 9.78 Å². The minimum atomic E-state index is -1.09. The van der Waals surface area contributed by atoms with Gasteiger partial charge in [0.05, 0.1) is 5.56 Å². The van der Waals surface area contributed by atoms with Crippen LogP contribution in [0.3, 0.4) is 0 Å². The summed E-state index contributed by atoms with van der Waals surface area (Å²) in [5.41, 5.74) is 6.29. The molecular formula is C15H15F2N3O. The molecule has 0 atom stereocenters. The molecule has 4 nitrogen and oxygen atoms in total. The van der Waals surface area contributed by atoms with Crippen LogP contribution in [0.1, 0.15) is 16.1 Å². The van der Waals surface area contributed by atoms with Crippen LogP contribution in [0, 0.1) is 11.6 Å². The topological polar surface area (TPSA) is 59.2 Å². The summed E-state index contributed by atoms with van der Waals surface area (Å²) in [4.78, 5) is 17.7. The predicted molar refractivity (Wildman–Crippen MR) is 75.7 cm³/mol. The number of anilines is 1. The zero-order valence-corrected chi connectivity index (χ0v) is 11.5. The molecule has 21 heavy (non-hydrogen) atoms. The number of aromatic nitrogens is 1. The van der Waals surface area contributed by atoms with Crippen molar-refractivity contribution in [2.45, 2.75) is 6.42 Å². The molecule has 0 aliphatic carbocycles. The number of nitrogens with two attached hydrogens (primary N) is 1. The summed E-state index contributed by atoms with van der Waals surface area (Å²) in [6.45, 7) is 0.397. The van der Waals surface area contributed by atoms with Crippen molar-refractivity contribution in [3.05, 3.63) is 59.4 Å². The first-order valence-corrected chi connectivity index (χ1v) is 6.39. The maximum Gasteiger partial charge on any atom is 0.255 e. The van der Waals surface area contributed by atoms with Crippen molar-refractivity contribution in [2.75, 3.05) is 19.3 Å². The molecule has 0 saturated carbocycles. The SMILES string of the molecule is CN(CCc1ccccn1)C(=O)c1cc(F)c(F)cc1N. The smallest absolute Gasteiger partial charge is 0.255 e. The second-order valence-corrected chi connectivity index (χ2v) is 4.65. The predicted octanol–water partition coefficient (Wildman–Crippen LogP) is 2.26. The number of benzene rings is 1.